The van der Waals surface area contributed by atoms with E-state index >= 15 is 0 Å². The van der Waals surface area contributed by atoms with Gasteiger partial charge in [-0.1, -0.05) is 58.5 Å². The summed E-state index contributed by atoms with van der Waals surface area (Å²) in [5, 5.41) is 2.05. The van der Waals surface area contributed by atoms with Crippen LogP contribution >= 0.6 is 46.4 Å². The van der Waals surface area contributed by atoms with Crippen molar-refractivity contribution in [2.75, 3.05) is 26.2 Å². The van der Waals surface area contributed by atoms with E-state index in [0.29, 0.717) is 52.7 Å². The smallest absolute Gasteiger partial charge is 0.246 e. The molecule has 8 heteroatoms. The average Bonchev–Trinajstić information content (AvgIpc) is 2.98. The summed E-state index contributed by atoms with van der Waals surface area (Å²) in [7, 11) is 0. The van der Waals surface area contributed by atoms with Crippen LogP contribution in [0.4, 0.5) is 0 Å². The van der Waals surface area contributed by atoms with Gasteiger partial charge < -0.3 is 9.80 Å². The van der Waals surface area contributed by atoms with Crippen molar-refractivity contribution >= 4 is 70.4 Å². The number of benzene rings is 2. The topological polar surface area (TPSA) is 40.6 Å². The Labute approximate surface area is 201 Å². The van der Waals surface area contributed by atoms with E-state index in [4.69, 9.17) is 46.4 Å². The molecule has 4 nitrogen and oxygen atoms in total. The number of carbonyl (C=O) groups excluding carboxylic acids is 2. The number of amides is 2. The molecule has 0 aromatic heterocycles. The third-order valence-electron chi connectivity index (χ3n) is 4.86. The lowest BCUT2D eigenvalue weighted by Crippen LogP contribution is -2.36. The maximum absolute atomic E-state index is 12.6. The van der Waals surface area contributed by atoms with Gasteiger partial charge in [0.15, 0.2) is 0 Å². The molecule has 162 valence electrons. The van der Waals surface area contributed by atoms with Crippen LogP contribution in [0.5, 0.6) is 0 Å². The average molecular weight is 498 g/mol. The molecule has 1 aliphatic heterocycles. The quantitative estimate of drug-likeness (QED) is 0.479. The van der Waals surface area contributed by atoms with E-state index in [1.807, 2.05) is 0 Å². The number of hydrogen-bond donors (Lipinski definition) is 0. The molecule has 1 aliphatic rings. The minimum Gasteiger partial charge on any atom is -0.337 e. The molecular formula is C23H20Cl4N2O2. The molecule has 3 rings (SSSR count). The van der Waals surface area contributed by atoms with Gasteiger partial charge in [-0.15, -0.1) is 0 Å². The first-order valence-corrected chi connectivity index (χ1v) is 11.2. The summed E-state index contributed by atoms with van der Waals surface area (Å²) in [5.74, 6) is -0.243. The largest absolute Gasteiger partial charge is 0.337 e. The van der Waals surface area contributed by atoms with Crippen molar-refractivity contribution in [3.05, 3.63) is 79.8 Å². The third-order valence-corrected chi connectivity index (χ3v) is 5.98. The fourth-order valence-corrected chi connectivity index (χ4v) is 4.11. The predicted molar refractivity (Wildman–Crippen MR) is 129 cm³/mol. The molecule has 31 heavy (non-hydrogen) atoms. The van der Waals surface area contributed by atoms with Gasteiger partial charge in [0.25, 0.3) is 0 Å². The van der Waals surface area contributed by atoms with Gasteiger partial charge in [0.2, 0.25) is 11.8 Å². The zero-order valence-electron chi connectivity index (χ0n) is 16.5. The first kappa shape index (κ1) is 23.7. The van der Waals surface area contributed by atoms with Crippen LogP contribution in [0, 0.1) is 0 Å². The van der Waals surface area contributed by atoms with E-state index in [1.165, 1.54) is 12.2 Å². The molecular weight excluding hydrogens is 478 g/mol. The normalized spacial score (nSPS) is 15.0. The summed E-state index contributed by atoms with van der Waals surface area (Å²) in [6, 6.07) is 10.2. The highest BCUT2D eigenvalue weighted by Gasteiger charge is 2.19. The molecule has 0 saturated carbocycles. The lowest BCUT2D eigenvalue weighted by atomic mass is 10.2. The first-order chi connectivity index (χ1) is 14.8. The number of rotatable bonds is 4. The van der Waals surface area contributed by atoms with Crippen LogP contribution in [-0.4, -0.2) is 47.8 Å². The summed E-state index contributed by atoms with van der Waals surface area (Å²) in [5.41, 5.74) is 1.44. The van der Waals surface area contributed by atoms with Crippen LogP contribution in [0.1, 0.15) is 17.5 Å². The molecule has 2 amide bonds. The van der Waals surface area contributed by atoms with E-state index in [0.717, 1.165) is 11.1 Å². The van der Waals surface area contributed by atoms with Gasteiger partial charge in [-0.2, -0.15) is 0 Å². The number of hydrogen-bond acceptors (Lipinski definition) is 2. The monoisotopic (exact) mass is 496 g/mol. The highest BCUT2D eigenvalue weighted by Crippen LogP contribution is 2.23. The van der Waals surface area contributed by atoms with Gasteiger partial charge in [0.1, 0.15) is 0 Å². The van der Waals surface area contributed by atoms with Crippen molar-refractivity contribution in [2.45, 2.75) is 6.42 Å². The highest BCUT2D eigenvalue weighted by molar-refractivity contribution is 6.36. The molecule has 2 aromatic rings. The van der Waals surface area contributed by atoms with Crippen LogP contribution < -0.4 is 0 Å². The Bertz CT molecular complexity index is 955. The molecule has 2 aromatic carbocycles. The Morgan fingerprint density at radius 2 is 1.10 bits per heavy atom. The molecule has 1 saturated heterocycles. The number of halogens is 4. The van der Waals surface area contributed by atoms with Crippen LogP contribution in [-0.2, 0) is 9.59 Å². The lowest BCUT2D eigenvalue weighted by molar-refractivity contribution is -0.128. The number of nitrogens with zero attached hydrogens (tertiary/aromatic N) is 2. The second kappa shape index (κ2) is 11.1. The molecule has 1 fully saturated rings. The van der Waals surface area contributed by atoms with Crippen molar-refractivity contribution in [3.63, 3.8) is 0 Å². The summed E-state index contributed by atoms with van der Waals surface area (Å²) < 4.78 is 0. The minimum absolute atomic E-state index is 0.121. The maximum Gasteiger partial charge on any atom is 0.246 e. The minimum atomic E-state index is -0.121. The van der Waals surface area contributed by atoms with Crippen LogP contribution in [0.3, 0.4) is 0 Å². The Balaban J connectivity index is 1.57. The third kappa shape index (κ3) is 6.75. The predicted octanol–water partition coefficient (Wildman–Crippen LogP) is 6.09. The second-order valence-electron chi connectivity index (χ2n) is 7.00. The van der Waals surface area contributed by atoms with Crippen molar-refractivity contribution in [1.82, 2.24) is 9.80 Å². The van der Waals surface area contributed by atoms with Crippen LogP contribution in [0.15, 0.2) is 48.6 Å². The Morgan fingerprint density at radius 3 is 1.48 bits per heavy atom. The molecule has 0 radical (unpaired) electrons. The fraction of sp³-hybridized carbons (Fsp3) is 0.217. The standard InChI is InChI=1S/C23H20Cl4N2O2/c24-18-6-2-16(20(26)14-18)4-8-22(30)28-10-1-11-29(13-12-28)23(31)9-5-17-3-7-19(25)15-21(17)27/h2-9,14-15H,1,10-13H2/b8-4+,9-5+. The molecule has 0 aliphatic carbocycles. The maximum atomic E-state index is 12.6. The van der Waals surface area contributed by atoms with E-state index < -0.39 is 0 Å². The summed E-state index contributed by atoms with van der Waals surface area (Å²) in [4.78, 5) is 28.6. The van der Waals surface area contributed by atoms with Gasteiger partial charge in [-0.3, -0.25) is 9.59 Å². The Hall–Kier alpha value is -1.98. The molecule has 0 atom stereocenters. The van der Waals surface area contributed by atoms with Crippen molar-refractivity contribution in [1.29, 1.82) is 0 Å². The molecule has 0 unspecified atom stereocenters. The van der Waals surface area contributed by atoms with Crippen molar-refractivity contribution in [3.8, 4) is 0 Å². The van der Waals surface area contributed by atoms with Gasteiger partial charge in [0, 0.05) is 58.4 Å². The van der Waals surface area contributed by atoms with Gasteiger partial charge >= 0.3 is 0 Å². The summed E-state index contributed by atoms with van der Waals surface area (Å²) in [6.07, 6.45) is 7.04. The van der Waals surface area contributed by atoms with Crippen molar-refractivity contribution in [2.24, 2.45) is 0 Å². The van der Waals surface area contributed by atoms with Crippen LogP contribution in [0.2, 0.25) is 20.1 Å². The van der Waals surface area contributed by atoms with E-state index in [1.54, 1.807) is 58.4 Å². The molecule has 1 heterocycles. The lowest BCUT2D eigenvalue weighted by Gasteiger charge is -2.20. The summed E-state index contributed by atoms with van der Waals surface area (Å²) >= 11 is 24.1. The number of carbonyl (C=O) groups is 2. The molecule has 0 spiro atoms. The van der Waals surface area contributed by atoms with E-state index in [-0.39, 0.29) is 11.8 Å². The highest BCUT2D eigenvalue weighted by atomic mass is 35.5. The van der Waals surface area contributed by atoms with Gasteiger partial charge in [-0.25, -0.2) is 0 Å². The fourth-order valence-electron chi connectivity index (χ4n) is 3.16. The van der Waals surface area contributed by atoms with Crippen molar-refractivity contribution < 1.29 is 9.59 Å². The first-order valence-electron chi connectivity index (χ1n) is 9.67. The Kier molecular flexibility index (Phi) is 8.44. The zero-order valence-corrected chi connectivity index (χ0v) is 19.6. The Morgan fingerprint density at radius 1 is 0.677 bits per heavy atom. The van der Waals surface area contributed by atoms with E-state index in [2.05, 4.69) is 0 Å². The zero-order chi connectivity index (χ0) is 22.4. The van der Waals surface area contributed by atoms with E-state index in [9.17, 15) is 9.59 Å². The molecule has 0 N–H and O–H groups in total. The SMILES string of the molecule is O=C(/C=C/c1ccc(Cl)cc1Cl)N1CCCN(C(=O)/C=C/c2ccc(Cl)cc2Cl)CC1. The molecule has 0 bridgehead atoms. The summed E-state index contributed by atoms with van der Waals surface area (Å²) in [6.45, 7) is 2.07. The van der Waals surface area contributed by atoms with Crippen LogP contribution in [0.25, 0.3) is 12.2 Å². The second-order valence-corrected chi connectivity index (χ2v) is 8.69. The van der Waals surface area contributed by atoms with Gasteiger partial charge in [-0.05, 0) is 54.0 Å². The van der Waals surface area contributed by atoms with Gasteiger partial charge in [0.05, 0.1) is 0 Å².